The standard InChI is InChI=1S/C18H16F3N7/c1-12-8-16(28-17(25-12)23-11-24-28)27-6-4-26(5-7-27)15-3-2-14(18(19,20)21)9-13(15)10-22/h2-3,8-9,11H,4-7H2,1H3. The van der Waals surface area contributed by atoms with Crippen molar-refractivity contribution in [1.82, 2.24) is 19.6 Å². The van der Waals surface area contributed by atoms with Gasteiger partial charge in [-0.05, 0) is 25.1 Å². The molecule has 0 aliphatic carbocycles. The van der Waals surface area contributed by atoms with Gasteiger partial charge in [0.1, 0.15) is 18.2 Å². The molecule has 0 radical (unpaired) electrons. The van der Waals surface area contributed by atoms with E-state index in [-0.39, 0.29) is 5.56 Å². The van der Waals surface area contributed by atoms with Crippen LogP contribution < -0.4 is 9.80 Å². The van der Waals surface area contributed by atoms with E-state index < -0.39 is 11.7 Å². The molecule has 1 fully saturated rings. The summed E-state index contributed by atoms with van der Waals surface area (Å²) in [5, 5.41) is 13.5. The predicted molar refractivity (Wildman–Crippen MR) is 96.1 cm³/mol. The summed E-state index contributed by atoms with van der Waals surface area (Å²) in [6.07, 6.45) is -3.02. The van der Waals surface area contributed by atoms with Crippen molar-refractivity contribution in [1.29, 1.82) is 5.26 Å². The first-order valence-corrected chi connectivity index (χ1v) is 8.65. The molecule has 0 saturated carbocycles. The van der Waals surface area contributed by atoms with Crippen molar-refractivity contribution >= 4 is 17.3 Å². The number of fused-ring (bicyclic) bond motifs is 1. The molecule has 1 saturated heterocycles. The van der Waals surface area contributed by atoms with Crippen LogP contribution in [0.5, 0.6) is 0 Å². The highest BCUT2D eigenvalue weighted by molar-refractivity contribution is 5.62. The van der Waals surface area contributed by atoms with E-state index in [1.165, 1.54) is 12.4 Å². The van der Waals surface area contributed by atoms with E-state index in [4.69, 9.17) is 0 Å². The van der Waals surface area contributed by atoms with Crippen LogP contribution in [-0.4, -0.2) is 45.8 Å². The summed E-state index contributed by atoms with van der Waals surface area (Å²) < 4.78 is 40.4. The van der Waals surface area contributed by atoms with Crippen molar-refractivity contribution in [2.24, 2.45) is 0 Å². The van der Waals surface area contributed by atoms with E-state index in [2.05, 4.69) is 20.0 Å². The average Bonchev–Trinajstić information content (AvgIpc) is 3.14. The SMILES string of the molecule is Cc1cc(N2CCN(c3ccc(C(F)(F)F)cc3C#N)CC2)n2ncnc2n1. The summed E-state index contributed by atoms with van der Waals surface area (Å²) in [6, 6.07) is 7.13. The Bertz CT molecular complexity index is 1060. The summed E-state index contributed by atoms with van der Waals surface area (Å²) in [5.74, 6) is 1.39. The maximum absolute atomic E-state index is 12.9. The molecule has 1 aliphatic heterocycles. The van der Waals surface area contributed by atoms with Crippen LogP contribution in [0.25, 0.3) is 5.78 Å². The number of piperazine rings is 1. The number of benzene rings is 1. The van der Waals surface area contributed by atoms with Crippen LogP contribution in [0.1, 0.15) is 16.8 Å². The largest absolute Gasteiger partial charge is 0.416 e. The highest BCUT2D eigenvalue weighted by atomic mass is 19.4. The molecule has 0 spiro atoms. The van der Waals surface area contributed by atoms with Gasteiger partial charge in [0.05, 0.1) is 16.8 Å². The van der Waals surface area contributed by atoms with Crippen LogP contribution in [0, 0.1) is 18.3 Å². The van der Waals surface area contributed by atoms with Gasteiger partial charge in [0.2, 0.25) is 0 Å². The molecule has 2 aromatic heterocycles. The number of aryl methyl sites for hydroxylation is 1. The molecule has 144 valence electrons. The Morgan fingerprint density at radius 3 is 2.46 bits per heavy atom. The molecule has 0 unspecified atom stereocenters. The van der Waals surface area contributed by atoms with E-state index in [0.29, 0.717) is 37.6 Å². The Labute approximate surface area is 158 Å². The molecular weight excluding hydrogens is 371 g/mol. The van der Waals surface area contributed by atoms with Gasteiger partial charge in [0.25, 0.3) is 5.78 Å². The smallest absolute Gasteiger partial charge is 0.367 e. The van der Waals surface area contributed by atoms with Gasteiger partial charge in [-0.1, -0.05) is 0 Å². The monoisotopic (exact) mass is 387 g/mol. The molecule has 0 atom stereocenters. The quantitative estimate of drug-likeness (QED) is 0.673. The number of hydrogen-bond acceptors (Lipinski definition) is 6. The second-order valence-electron chi connectivity index (χ2n) is 6.54. The zero-order valence-electron chi connectivity index (χ0n) is 15.0. The zero-order chi connectivity index (χ0) is 19.9. The molecule has 10 heteroatoms. The molecule has 1 aromatic carbocycles. The van der Waals surface area contributed by atoms with Gasteiger partial charge in [-0.25, -0.2) is 4.98 Å². The molecule has 0 bridgehead atoms. The first-order chi connectivity index (χ1) is 13.4. The van der Waals surface area contributed by atoms with Crippen molar-refractivity contribution in [2.45, 2.75) is 13.1 Å². The Kier molecular flexibility index (Phi) is 4.30. The lowest BCUT2D eigenvalue weighted by Crippen LogP contribution is -2.47. The van der Waals surface area contributed by atoms with Gasteiger partial charge < -0.3 is 9.80 Å². The van der Waals surface area contributed by atoms with Crippen LogP contribution in [0.15, 0.2) is 30.6 Å². The van der Waals surface area contributed by atoms with E-state index in [0.717, 1.165) is 23.6 Å². The first kappa shape index (κ1) is 18.0. The number of halogens is 3. The highest BCUT2D eigenvalue weighted by Gasteiger charge is 2.32. The number of rotatable bonds is 2. The summed E-state index contributed by atoms with van der Waals surface area (Å²) in [5.41, 5.74) is 0.563. The lowest BCUT2D eigenvalue weighted by atomic mass is 10.1. The Morgan fingerprint density at radius 2 is 1.79 bits per heavy atom. The van der Waals surface area contributed by atoms with Crippen molar-refractivity contribution < 1.29 is 13.2 Å². The third-order valence-electron chi connectivity index (χ3n) is 4.75. The molecule has 3 aromatic rings. The number of aromatic nitrogens is 4. The highest BCUT2D eigenvalue weighted by Crippen LogP contribution is 2.33. The molecule has 4 rings (SSSR count). The third-order valence-corrected chi connectivity index (χ3v) is 4.75. The minimum absolute atomic E-state index is 0.0293. The number of hydrogen-bond donors (Lipinski definition) is 0. The van der Waals surface area contributed by atoms with E-state index in [9.17, 15) is 18.4 Å². The van der Waals surface area contributed by atoms with Gasteiger partial charge in [-0.2, -0.15) is 33.0 Å². The van der Waals surface area contributed by atoms with Crippen LogP contribution in [0.3, 0.4) is 0 Å². The van der Waals surface area contributed by atoms with Crippen molar-refractivity contribution in [3.05, 3.63) is 47.4 Å². The van der Waals surface area contributed by atoms with E-state index in [1.807, 2.05) is 24.0 Å². The van der Waals surface area contributed by atoms with Crippen molar-refractivity contribution in [3.8, 4) is 6.07 Å². The van der Waals surface area contributed by atoms with Crippen LogP contribution in [0.2, 0.25) is 0 Å². The lowest BCUT2D eigenvalue weighted by molar-refractivity contribution is -0.137. The van der Waals surface area contributed by atoms with Crippen LogP contribution in [-0.2, 0) is 6.18 Å². The number of nitriles is 1. The maximum Gasteiger partial charge on any atom is 0.416 e. The molecule has 3 heterocycles. The number of anilines is 2. The average molecular weight is 387 g/mol. The van der Waals surface area contributed by atoms with Gasteiger partial charge in [0, 0.05) is 37.9 Å². The number of alkyl halides is 3. The molecule has 0 amide bonds. The van der Waals surface area contributed by atoms with Crippen molar-refractivity contribution in [3.63, 3.8) is 0 Å². The normalized spacial score (nSPS) is 15.1. The molecule has 28 heavy (non-hydrogen) atoms. The molecule has 1 aliphatic rings. The fourth-order valence-electron chi connectivity index (χ4n) is 3.39. The van der Waals surface area contributed by atoms with E-state index in [1.54, 1.807) is 4.52 Å². The Balaban J connectivity index is 1.56. The second-order valence-corrected chi connectivity index (χ2v) is 6.54. The van der Waals surface area contributed by atoms with Gasteiger partial charge in [0.15, 0.2) is 0 Å². The molecule has 7 nitrogen and oxygen atoms in total. The molecular formula is C18H16F3N7. The fourth-order valence-corrected chi connectivity index (χ4v) is 3.39. The predicted octanol–water partition coefficient (Wildman–Crippen LogP) is 2.65. The Morgan fingerprint density at radius 1 is 1.07 bits per heavy atom. The summed E-state index contributed by atoms with van der Waals surface area (Å²) >= 11 is 0. The summed E-state index contributed by atoms with van der Waals surface area (Å²) in [7, 11) is 0. The minimum atomic E-state index is -4.47. The van der Waals surface area contributed by atoms with Gasteiger partial charge >= 0.3 is 6.18 Å². The zero-order valence-corrected chi connectivity index (χ0v) is 15.0. The summed E-state index contributed by atoms with van der Waals surface area (Å²) in [6.45, 7) is 4.28. The molecule has 0 N–H and O–H groups in total. The van der Waals surface area contributed by atoms with Crippen LogP contribution in [0.4, 0.5) is 24.7 Å². The minimum Gasteiger partial charge on any atom is -0.367 e. The lowest BCUT2D eigenvalue weighted by Gasteiger charge is -2.37. The first-order valence-electron chi connectivity index (χ1n) is 8.65. The van der Waals surface area contributed by atoms with E-state index >= 15 is 0 Å². The van der Waals surface area contributed by atoms with Gasteiger partial charge in [-0.15, -0.1) is 0 Å². The summed E-state index contributed by atoms with van der Waals surface area (Å²) in [4.78, 5) is 12.5. The maximum atomic E-state index is 12.9. The fraction of sp³-hybridized carbons (Fsp3) is 0.333. The Hall–Kier alpha value is -3.35. The van der Waals surface area contributed by atoms with Crippen LogP contribution >= 0.6 is 0 Å². The number of nitrogens with zero attached hydrogens (tertiary/aromatic N) is 7. The second kappa shape index (κ2) is 6.67. The van der Waals surface area contributed by atoms with Gasteiger partial charge in [-0.3, -0.25) is 0 Å². The third kappa shape index (κ3) is 3.19. The van der Waals surface area contributed by atoms with Crippen molar-refractivity contribution in [2.75, 3.05) is 36.0 Å². The topological polar surface area (TPSA) is 73.3 Å².